The van der Waals surface area contributed by atoms with Crippen molar-refractivity contribution in [1.82, 2.24) is 0 Å². The standard InChI is InChI=1S/C16H18O3/c1-18-15-9-7-14(8-10-15)16(11-17)19-12-13-5-3-2-4-6-13/h2-10,16-17H,11-12H2,1H3. The van der Waals surface area contributed by atoms with Crippen LogP contribution in [0.4, 0.5) is 0 Å². The van der Waals surface area contributed by atoms with E-state index in [9.17, 15) is 5.11 Å². The average Bonchev–Trinajstić information content (AvgIpc) is 2.49. The molecule has 1 N–H and O–H groups in total. The van der Waals surface area contributed by atoms with Gasteiger partial charge in [0.15, 0.2) is 0 Å². The van der Waals surface area contributed by atoms with Gasteiger partial charge in [-0.25, -0.2) is 0 Å². The van der Waals surface area contributed by atoms with Gasteiger partial charge >= 0.3 is 0 Å². The van der Waals surface area contributed by atoms with Crippen LogP contribution in [0.15, 0.2) is 54.6 Å². The van der Waals surface area contributed by atoms with E-state index in [1.54, 1.807) is 7.11 Å². The highest BCUT2D eigenvalue weighted by molar-refractivity contribution is 5.28. The predicted octanol–water partition coefficient (Wildman–Crippen LogP) is 2.95. The van der Waals surface area contributed by atoms with Crippen molar-refractivity contribution in [3.63, 3.8) is 0 Å². The van der Waals surface area contributed by atoms with Gasteiger partial charge in [0.1, 0.15) is 11.9 Å². The fourth-order valence-electron chi connectivity index (χ4n) is 1.84. The Balaban J connectivity index is 1.99. The first-order valence-corrected chi connectivity index (χ1v) is 6.24. The molecule has 0 fully saturated rings. The summed E-state index contributed by atoms with van der Waals surface area (Å²) in [5, 5.41) is 9.43. The maximum Gasteiger partial charge on any atom is 0.118 e. The summed E-state index contributed by atoms with van der Waals surface area (Å²) in [6.45, 7) is 0.442. The van der Waals surface area contributed by atoms with Crippen LogP contribution >= 0.6 is 0 Å². The Morgan fingerprint density at radius 2 is 1.68 bits per heavy atom. The van der Waals surface area contributed by atoms with Gasteiger partial charge in [0.25, 0.3) is 0 Å². The molecular weight excluding hydrogens is 240 g/mol. The van der Waals surface area contributed by atoms with Gasteiger partial charge in [0.05, 0.1) is 20.3 Å². The number of hydrogen-bond donors (Lipinski definition) is 1. The van der Waals surface area contributed by atoms with Gasteiger partial charge in [-0.05, 0) is 23.3 Å². The van der Waals surface area contributed by atoms with E-state index in [0.29, 0.717) is 6.61 Å². The largest absolute Gasteiger partial charge is 0.497 e. The summed E-state index contributed by atoms with van der Waals surface area (Å²) >= 11 is 0. The second-order valence-electron chi connectivity index (χ2n) is 4.24. The maximum absolute atomic E-state index is 9.43. The second-order valence-corrected chi connectivity index (χ2v) is 4.24. The Hall–Kier alpha value is -1.84. The van der Waals surface area contributed by atoms with Crippen molar-refractivity contribution in [3.05, 3.63) is 65.7 Å². The third-order valence-corrected chi connectivity index (χ3v) is 2.95. The summed E-state index contributed by atoms with van der Waals surface area (Å²) in [4.78, 5) is 0. The maximum atomic E-state index is 9.43. The third-order valence-electron chi connectivity index (χ3n) is 2.95. The summed E-state index contributed by atoms with van der Waals surface area (Å²) in [6.07, 6.45) is -0.314. The van der Waals surface area contributed by atoms with Gasteiger partial charge in [-0.2, -0.15) is 0 Å². The van der Waals surface area contributed by atoms with Crippen LogP contribution in [-0.2, 0) is 11.3 Å². The molecule has 3 heteroatoms. The van der Waals surface area contributed by atoms with Crippen LogP contribution in [0.5, 0.6) is 5.75 Å². The van der Waals surface area contributed by atoms with Gasteiger partial charge in [0.2, 0.25) is 0 Å². The van der Waals surface area contributed by atoms with Crippen LogP contribution in [0.1, 0.15) is 17.2 Å². The normalized spacial score (nSPS) is 12.1. The first-order chi connectivity index (χ1) is 9.33. The molecule has 0 aliphatic heterocycles. The minimum atomic E-state index is -0.314. The Morgan fingerprint density at radius 1 is 1.00 bits per heavy atom. The molecule has 0 heterocycles. The second kappa shape index (κ2) is 6.92. The number of methoxy groups -OCH3 is 1. The topological polar surface area (TPSA) is 38.7 Å². The lowest BCUT2D eigenvalue weighted by atomic mass is 10.1. The fraction of sp³-hybridized carbons (Fsp3) is 0.250. The van der Waals surface area contributed by atoms with E-state index in [1.165, 1.54) is 0 Å². The molecular formula is C16H18O3. The highest BCUT2D eigenvalue weighted by atomic mass is 16.5. The van der Waals surface area contributed by atoms with Gasteiger partial charge in [-0.1, -0.05) is 42.5 Å². The molecule has 1 unspecified atom stereocenters. The van der Waals surface area contributed by atoms with E-state index in [0.717, 1.165) is 16.9 Å². The Morgan fingerprint density at radius 3 is 2.26 bits per heavy atom. The number of ether oxygens (including phenoxy) is 2. The highest BCUT2D eigenvalue weighted by Crippen LogP contribution is 2.21. The molecule has 0 spiro atoms. The predicted molar refractivity (Wildman–Crippen MR) is 74.1 cm³/mol. The molecule has 100 valence electrons. The van der Waals surface area contributed by atoms with Crippen molar-refractivity contribution >= 4 is 0 Å². The van der Waals surface area contributed by atoms with Crippen molar-refractivity contribution in [2.75, 3.05) is 13.7 Å². The number of aliphatic hydroxyl groups is 1. The van der Waals surface area contributed by atoms with Crippen LogP contribution in [0.25, 0.3) is 0 Å². The molecule has 3 nitrogen and oxygen atoms in total. The highest BCUT2D eigenvalue weighted by Gasteiger charge is 2.11. The zero-order valence-electron chi connectivity index (χ0n) is 11.0. The van der Waals surface area contributed by atoms with Crippen LogP contribution in [0.3, 0.4) is 0 Å². The SMILES string of the molecule is COc1ccc(C(CO)OCc2ccccc2)cc1. The molecule has 1 atom stereocenters. The molecule has 0 aromatic heterocycles. The number of rotatable bonds is 6. The average molecular weight is 258 g/mol. The van der Waals surface area contributed by atoms with Crippen LogP contribution in [0, 0.1) is 0 Å². The summed E-state index contributed by atoms with van der Waals surface area (Å²) in [5.41, 5.74) is 2.04. The molecule has 0 bridgehead atoms. The molecule has 19 heavy (non-hydrogen) atoms. The van der Waals surface area contributed by atoms with Crippen LogP contribution in [-0.4, -0.2) is 18.8 Å². The van der Waals surface area contributed by atoms with E-state index >= 15 is 0 Å². The van der Waals surface area contributed by atoms with Crippen LogP contribution in [0.2, 0.25) is 0 Å². The van der Waals surface area contributed by atoms with Crippen molar-refractivity contribution in [2.45, 2.75) is 12.7 Å². The molecule has 0 aliphatic rings. The van der Waals surface area contributed by atoms with E-state index in [2.05, 4.69) is 0 Å². The molecule has 2 aromatic rings. The van der Waals surface area contributed by atoms with Gasteiger partial charge in [-0.15, -0.1) is 0 Å². The molecule has 0 saturated carbocycles. The number of benzene rings is 2. The monoisotopic (exact) mass is 258 g/mol. The minimum Gasteiger partial charge on any atom is -0.497 e. The lowest BCUT2D eigenvalue weighted by Crippen LogP contribution is -2.09. The van der Waals surface area contributed by atoms with Crippen molar-refractivity contribution < 1.29 is 14.6 Å². The van der Waals surface area contributed by atoms with Gasteiger partial charge in [-0.3, -0.25) is 0 Å². The minimum absolute atomic E-state index is 0.0425. The zero-order valence-corrected chi connectivity index (χ0v) is 11.0. The lowest BCUT2D eigenvalue weighted by molar-refractivity contribution is 0.00108. The quantitative estimate of drug-likeness (QED) is 0.865. The fourth-order valence-corrected chi connectivity index (χ4v) is 1.84. The number of aliphatic hydroxyl groups excluding tert-OH is 1. The van der Waals surface area contributed by atoms with Gasteiger partial charge < -0.3 is 14.6 Å². The molecule has 2 aromatic carbocycles. The Labute approximate surface area is 113 Å². The van der Waals surface area contributed by atoms with Crippen molar-refractivity contribution in [3.8, 4) is 5.75 Å². The Bertz CT molecular complexity index is 479. The molecule has 0 aliphatic carbocycles. The molecule has 2 rings (SSSR count). The summed E-state index contributed by atoms with van der Waals surface area (Å²) in [5.74, 6) is 0.795. The van der Waals surface area contributed by atoms with E-state index in [1.807, 2.05) is 54.6 Å². The molecule has 0 saturated heterocycles. The van der Waals surface area contributed by atoms with Crippen molar-refractivity contribution in [1.29, 1.82) is 0 Å². The van der Waals surface area contributed by atoms with E-state index in [4.69, 9.17) is 9.47 Å². The first-order valence-electron chi connectivity index (χ1n) is 6.24. The smallest absolute Gasteiger partial charge is 0.118 e. The lowest BCUT2D eigenvalue weighted by Gasteiger charge is -2.16. The number of hydrogen-bond acceptors (Lipinski definition) is 3. The zero-order chi connectivity index (χ0) is 13.5. The van der Waals surface area contributed by atoms with E-state index in [-0.39, 0.29) is 12.7 Å². The summed E-state index contributed by atoms with van der Waals surface area (Å²) in [6, 6.07) is 17.5. The molecule has 0 radical (unpaired) electrons. The third kappa shape index (κ3) is 3.81. The van der Waals surface area contributed by atoms with E-state index < -0.39 is 0 Å². The Kier molecular flexibility index (Phi) is 4.95. The molecule has 0 amide bonds. The van der Waals surface area contributed by atoms with Gasteiger partial charge in [0, 0.05) is 0 Å². The first kappa shape index (κ1) is 13.6. The van der Waals surface area contributed by atoms with Crippen molar-refractivity contribution in [2.24, 2.45) is 0 Å². The summed E-state index contributed by atoms with van der Waals surface area (Å²) < 4.78 is 10.9. The summed E-state index contributed by atoms with van der Waals surface area (Å²) in [7, 11) is 1.63. The van der Waals surface area contributed by atoms with Crippen LogP contribution < -0.4 is 4.74 Å².